The molecule has 2 fully saturated rings. The van der Waals surface area contributed by atoms with Crippen LogP contribution < -0.4 is 0 Å². The second-order valence-corrected chi connectivity index (χ2v) is 6.53. The fourth-order valence-corrected chi connectivity index (χ4v) is 3.69. The number of amides is 1. The molecule has 126 valence electrons. The Hall–Kier alpha value is -2.28. The van der Waals surface area contributed by atoms with Crippen molar-refractivity contribution < 1.29 is 9.53 Å². The van der Waals surface area contributed by atoms with Gasteiger partial charge in [0.1, 0.15) is 24.2 Å². The number of likely N-dealkylation sites (tertiary alicyclic amines) is 1. The highest BCUT2D eigenvalue weighted by Crippen LogP contribution is 2.35. The maximum atomic E-state index is 12.9. The Labute approximate surface area is 140 Å². The number of rotatable bonds is 2. The first kappa shape index (κ1) is 15.3. The van der Waals surface area contributed by atoms with E-state index in [2.05, 4.69) is 15.2 Å². The average Bonchev–Trinajstić information content (AvgIpc) is 3.25. The fourth-order valence-electron chi connectivity index (χ4n) is 3.69. The molecule has 1 unspecified atom stereocenters. The van der Waals surface area contributed by atoms with Gasteiger partial charge in [-0.05, 0) is 44.2 Å². The van der Waals surface area contributed by atoms with Crippen molar-refractivity contribution in [3.63, 3.8) is 0 Å². The van der Waals surface area contributed by atoms with E-state index in [4.69, 9.17) is 4.74 Å². The van der Waals surface area contributed by atoms with Crippen LogP contribution >= 0.6 is 0 Å². The molecule has 0 saturated carbocycles. The van der Waals surface area contributed by atoms with Gasteiger partial charge in [-0.2, -0.15) is 0 Å². The van der Waals surface area contributed by atoms with Gasteiger partial charge in [-0.15, -0.1) is 10.2 Å². The summed E-state index contributed by atoms with van der Waals surface area (Å²) in [6.07, 6.45) is 8.35. The maximum Gasteiger partial charge on any atom is 0.272 e. The molecule has 0 radical (unpaired) electrons. The number of hydrogen-bond acceptors (Lipinski definition) is 5. The second-order valence-electron chi connectivity index (χ2n) is 6.53. The Balaban J connectivity index is 1.50. The van der Waals surface area contributed by atoms with Crippen molar-refractivity contribution in [2.75, 3.05) is 19.7 Å². The number of nitrogens with zero attached hydrogens (tertiary/aromatic N) is 5. The zero-order chi connectivity index (χ0) is 16.4. The van der Waals surface area contributed by atoms with Crippen LogP contribution in [0.2, 0.25) is 0 Å². The smallest absolute Gasteiger partial charge is 0.272 e. The SMILES string of the molecule is O=C(c1cccc(-n2cnnc2)n1)N1CCCC2(CCCO2)CC1. The lowest BCUT2D eigenvalue weighted by Gasteiger charge is -2.26. The minimum absolute atomic E-state index is 0.00673. The summed E-state index contributed by atoms with van der Waals surface area (Å²) in [6, 6.07) is 5.45. The van der Waals surface area contributed by atoms with E-state index in [1.165, 1.54) is 0 Å². The minimum Gasteiger partial charge on any atom is -0.375 e. The molecular weight excluding hydrogens is 306 g/mol. The van der Waals surface area contributed by atoms with Crippen molar-refractivity contribution in [2.24, 2.45) is 0 Å². The first-order valence-electron chi connectivity index (χ1n) is 8.51. The number of carbonyl (C=O) groups excluding carboxylic acids is 1. The summed E-state index contributed by atoms with van der Waals surface area (Å²) >= 11 is 0. The van der Waals surface area contributed by atoms with E-state index in [1.807, 2.05) is 17.0 Å². The zero-order valence-corrected chi connectivity index (χ0v) is 13.6. The normalized spacial score (nSPS) is 24.2. The van der Waals surface area contributed by atoms with Crippen molar-refractivity contribution in [1.29, 1.82) is 0 Å². The molecule has 7 nitrogen and oxygen atoms in total. The Morgan fingerprint density at radius 1 is 1.08 bits per heavy atom. The van der Waals surface area contributed by atoms with Crippen LogP contribution in [0.25, 0.3) is 5.82 Å². The first-order valence-corrected chi connectivity index (χ1v) is 8.51. The molecule has 1 amide bonds. The number of pyridine rings is 1. The van der Waals surface area contributed by atoms with Crippen LogP contribution in [-0.4, -0.2) is 55.9 Å². The summed E-state index contributed by atoms with van der Waals surface area (Å²) in [5.74, 6) is 0.635. The third kappa shape index (κ3) is 2.91. The molecule has 0 aliphatic carbocycles. The molecule has 1 spiro atoms. The minimum atomic E-state index is -0.0139. The lowest BCUT2D eigenvalue weighted by Crippen LogP contribution is -2.34. The molecule has 2 aliphatic rings. The van der Waals surface area contributed by atoms with E-state index in [0.717, 1.165) is 51.8 Å². The molecule has 2 saturated heterocycles. The van der Waals surface area contributed by atoms with Gasteiger partial charge in [0.05, 0.1) is 5.60 Å². The van der Waals surface area contributed by atoms with Crippen molar-refractivity contribution in [3.8, 4) is 5.82 Å². The van der Waals surface area contributed by atoms with E-state index >= 15 is 0 Å². The van der Waals surface area contributed by atoms with Gasteiger partial charge in [-0.1, -0.05) is 6.07 Å². The summed E-state index contributed by atoms with van der Waals surface area (Å²) < 4.78 is 7.69. The molecule has 1 atom stereocenters. The van der Waals surface area contributed by atoms with Crippen molar-refractivity contribution in [3.05, 3.63) is 36.5 Å². The van der Waals surface area contributed by atoms with Crippen LogP contribution in [0.15, 0.2) is 30.9 Å². The van der Waals surface area contributed by atoms with E-state index in [0.29, 0.717) is 11.5 Å². The van der Waals surface area contributed by atoms with Gasteiger partial charge in [0.2, 0.25) is 0 Å². The summed E-state index contributed by atoms with van der Waals surface area (Å²) in [5, 5.41) is 7.56. The third-order valence-electron chi connectivity index (χ3n) is 5.01. The number of aromatic nitrogens is 4. The molecular formula is C17H21N5O2. The summed E-state index contributed by atoms with van der Waals surface area (Å²) in [7, 11) is 0. The number of carbonyl (C=O) groups is 1. The van der Waals surface area contributed by atoms with E-state index in [-0.39, 0.29) is 11.5 Å². The number of hydrogen-bond donors (Lipinski definition) is 0. The van der Waals surface area contributed by atoms with Gasteiger partial charge in [0.25, 0.3) is 5.91 Å². The highest BCUT2D eigenvalue weighted by atomic mass is 16.5. The van der Waals surface area contributed by atoms with Gasteiger partial charge in [-0.25, -0.2) is 4.98 Å². The number of ether oxygens (including phenoxy) is 1. The summed E-state index contributed by atoms with van der Waals surface area (Å²) in [5.41, 5.74) is 0.469. The van der Waals surface area contributed by atoms with Crippen molar-refractivity contribution in [1.82, 2.24) is 24.6 Å². The molecule has 2 aromatic heterocycles. The zero-order valence-electron chi connectivity index (χ0n) is 13.6. The molecule has 7 heteroatoms. The third-order valence-corrected chi connectivity index (χ3v) is 5.01. The molecule has 0 bridgehead atoms. The summed E-state index contributed by atoms with van der Waals surface area (Å²) in [4.78, 5) is 19.2. The monoisotopic (exact) mass is 327 g/mol. The highest BCUT2D eigenvalue weighted by Gasteiger charge is 2.37. The summed E-state index contributed by atoms with van der Waals surface area (Å²) in [6.45, 7) is 2.36. The second kappa shape index (κ2) is 6.32. The van der Waals surface area contributed by atoms with Crippen molar-refractivity contribution >= 4 is 5.91 Å². The first-order chi connectivity index (χ1) is 11.8. The van der Waals surface area contributed by atoms with E-state index in [9.17, 15) is 4.79 Å². The molecule has 24 heavy (non-hydrogen) atoms. The quantitative estimate of drug-likeness (QED) is 0.841. The van der Waals surface area contributed by atoms with Crippen LogP contribution in [0.4, 0.5) is 0 Å². The van der Waals surface area contributed by atoms with Gasteiger partial charge in [0, 0.05) is 19.7 Å². The predicted molar refractivity (Wildman–Crippen MR) is 86.8 cm³/mol. The maximum absolute atomic E-state index is 12.9. The van der Waals surface area contributed by atoms with E-state index in [1.54, 1.807) is 23.3 Å². The highest BCUT2D eigenvalue weighted by molar-refractivity contribution is 5.92. The molecule has 4 rings (SSSR count). The largest absolute Gasteiger partial charge is 0.375 e. The Bertz CT molecular complexity index is 710. The topological polar surface area (TPSA) is 73.1 Å². The predicted octanol–water partition coefficient (Wildman–Crippen LogP) is 1.84. The van der Waals surface area contributed by atoms with Crippen LogP contribution in [0.3, 0.4) is 0 Å². The Morgan fingerprint density at radius 2 is 1.92 bits per heavy atom. The van der Waals surface area contributed by atoms with Crippen LogP contribution in [0.5, 0.6) is 0 Å². The molecule has 0 N–H and O–H groups in total. The lowest BCUT2D eigenvalue weighted by molar-refractivity contribution is -0.00693. The molecule has 4 heterocycles. The molecule has 0 aromatic carbocycles. The fraction of sp³-hybridized carbons (Fsp3) is 0.529. The van der Waals surface area contributed by atoms with Crippen LogP contribution in [0, 0.1) is 0 Å². The van der Waals surface area contributed by atoms with Gasteiger partial charge in [-0.3, -0.25) is 9.36 Å². The van der Waals surface area contributed by atoms with Gasteiger partial charge < -0.3 is 9.64 Å². The molecule has 2 aromatic rings. The van der Waals surface area contributed by atoms with Gasteiger partial charge >= 0.3 is 0 Å². The molecule has 2 aliphatic heterocycles. The van der Waals surface area contributed by atoms with Gasteiger partial charge in [0.15, 0.2) is 0 Å². The lowest BCUT2D eigenvalue weighted by atomic mass is 9.92. The Kier molecular flexibility index (Phi) is 4.02. The van der Waals surface area contributed by atoms with Crippen LogP contribution in [0.1, 0.15) is 42.6 Å². The average molecular weight is 327 g/mol. The van der Waals surface area contributed by atoms with Crippen molar-refractivity contribution in [2.45, 2.75) is 37.7 Å². The van der Waals surface area contributed by atoms with Crippen LogP contribution in [-0.2, 0) is 4.74 Å². The Morgan fingerprint density at radius 3 is 2.71 bits per heavy atom. The van der Waals surface area contributed by atoms with E-state index < -0.39 is 0 Å². The standard InChI is InChI=1S/C17H21N5O2/c23-16(14-4-1-5-15(20-14)22-12-18-19-13-22)21-9-2-6-17(8-10-21)7-3-11-24-17/h1,4-5,12-13H,2-3,6-11H2.